The van der Waals surface area contributed by atoms with E-state index >= 15 is 0 Å². The van der Waals surface area contributed by atoms with E-state index in [9.17, 15) is 9.59 Å². The first-order valence-corrected chi connectivity index (χ1v) is 13.9. The second-order valence-corrected chi connectivity index (χ2v) is 11.2. The van der Waals surface area contributed by atoms with Gasteiger partial charge in [0.2, 0.25) is 5.91 Å². The number of hydrogen-bond donors (Lipinski definition) is 2. The summed E-state index contributed by atoms with van der Waals surface area (Å²) in [6.45, 7) is 5.42. The van der Waals surface area contributed by atoms with Crippen LogP contribution in [0.4, 0.5) is 4.79 Å². The molecule has 0 saturated carbocycles. The molecule has 0 aliphatic carbocycles. The molecule has 2 aromatic carbocycles. The highest BCUT2D eigenvalue weighted by Gasteiger charge is 2.27. The number of carbonyl (C=O) groups excluding carboxylic acids is 2. The first-order valence-electron chi connectivity index (χ1n) is 13.1. The van der Waals surface area contributed by atoms with Gasteiger partial charge in [0, 0.05) is 4.88 Å². The number of nitrogens with one attached hydrogen (secondary N) is 2. The summed E-state index contributed by atoms with van der Waals surface area (Å²) in [5.41, 5.74) is 1.65. The van der Waals surface area contributed by atoms with Crippen molar-refractivity contribution in [3.63, 3.8) is 0 Å². The van der Waals surface area contributed by atoms with Crippen molar-refractivity contribution in [1.82, 2.24) is 10.6 Å². The number of hydrogen-bond acceptors (Lipinski definition) is 5. The van der Waals surface area contributed by atoms with Crippen LogP contribution in [0.3, 0.4) is 0 Å². The third kappa shape index (κ3) is 10.2. The third-order valence-electron chi connectivity index (χ3n) is 5.91. The minimum Gasteiger partial charge on any atom is -0.497 e. The van der Waals surface area contributed by atoms with E-state index in [0.29, 0.717) is 12.8 Å². The molecule has 1 aromatic heterocycles. The van der Waals surface area contributed by atoms with Gasteiger partial charge in [0.05, 0.1) is 13.2 Å². The molecular weight excluding hydrogens is 496 g/mol. The second kappa shape index (κ2) is 14.6. The van der Waals surface area contributed by atoms with E-state index in [2.05, 4.69) is 29.2 Å². The Balaban J connectivity index is 1.66. The molecule has 0 aliphatic heterocycles. The Labute approximate surface area is 230 Å². The maximum absolute atomic E-state index is 13.5. The Bertz CT molecular complexity index is 1130. The van der Waals surface area contributed by atoms with Crippen LogP contribution in [0.25, 0.3) is 0 Å². The molecule has 203 valence electrons. The second-order valence-electron chi connectivity index (χ2n) is 10.2. The molecule has 3 aromatic rings. The van der Waals surface area contributed by atoms with Gasteiger partial charge in [0.1, 0.15) is 17.4 Å². The van der Waals surface area contributed by atoms with Crippen LogP contribution in [-0.2, 0) is 22.4 Å². The van der Waals surface area contributed by atoms with E-state index < -0.39 is 17.7 Å². The van der Waals surface area contributed by atoms with Gasteiger partial charge in [-0.25, -0.2) is 4.79 Å². The predicted molar refractivity (Wildman–Crippen MR) is 153 cm³/mol. The Kier molecular flexibility index (Phi) is 11.2. The predicted octanol–water partition coefficient (Wildman–Crippen LogP) is 6.67. The fourth-order valence-electron chi connectivity index (χ4n) is 4.09. The fourth-order valence-corrected chi connectivity index (χ4v) is 4.87. The molecule has 1 unspecified atom stereocenters. The molecule has 7 heteroatoms. The number of thiophene rings is 1. The summed E-state index contributed by atoms with van der Waals surface area (Å²) in [5.74, 6) is 0.551. The van der Waals surface area contributed by atoms with Gasteiger partial charge in [-0.3, -0.25) is 4.79 Å². The van der Waals surface area contributed by atoms with Gasteiger partial charge >= 0.3 is 6.09 Å². The Morgan fingerprint density at radius 3 is 2.42 bits per heavy atom. The van der Waals surface area contributed by atoms with Gasteiger partial charge in [-0.2, -0.15) is 0 Å². The van der Waals surface area contributed by atoms with Crippen molar-refractivity contribution >= 4 is 23.3 Å². The number of amides is 2. The molecule has 3 rings (SSSR count). The maximum atomic E-state index is 13.5. The molecule has 6 nitrogen and oxygen atoms in total. The average Bonchev–Trinajstić information content (AvgIpc) is 3.42. The van der Waals surface area contributed by atoms with Gasteiger partial charge in [-0.15, -0.1) is 11.3 Å². The number of ether oxygens (including phenoxy) is 2. The topological polar surface area (TPSA) is 76.7 Å². The van der Waals surface area contributed by atoms with Crippen LogP contribution in [0, 0.1) is 6.42 Å². The molecule has 1 radical (unpaired) electrons. The van der Waals surface area contributed by atoms with Gasteiger partial charge in [0.25, 0.3) is 0 Å². The van der Waals surface area contributed by atoms with Crippen LogP contribution < -0.4 is 15.4 Å². The number of methoxy groups -OCH3 is 1. The van der Waals surface area contributed by atoms with Crippen molar-refractivity contribution in [3.05, 3.63) is 94.5 Å². The van der Waals surface area contributed by atoms with E-state index in [1.54, 1.807) is 39.2 Å². The number of unbranched alkanes of at least 4 members (excludes halogenated alkanes) is 2. The van der Waals surface area contributed by atoms with E-state index in [1.165, 1.54) is 5.56 Å². The summed E-state index contributed by atoms with van der Waals surface area (Å²) in [6.07, 6.45) is 5.21. The van der Waals surface area contributed by atoms with E-state index in [1.807, 2.05) is 60.0 Å². The molecule has 0 saturated heterocycles. The summed E-state index contributed by atoms with van der Waals surface area (Å²) in [5, 5.41) is 8.00. The van der Waals surface area contributed by atoms with Crippen LogP contribution in [0.15, 0.2) is 72.1 Å². The number of rotatable bonds is 13. The van der Waals surface area contributed by atoms with Gasteiger partial charge < -0.3 is 20.1 Å². The highest BCUT2D eigenvalue weighted by Crippen LogP contribution is 2.25. The Morgan fingerprint density at radius 1 is 0.974 bits per heavy atom. The van der Waals surface area contributed by atoms with Crippen LogP contribution in [0.2, 0.25) is 0 Å². The summed E-state index contributed by atoms with van der Waals surface area (Å²) < 4.78 is 10.8. The maximum Gasteiger partial charge on any atom is 0.408 e. The zero-order chi connectivity index (χ0) is 27.4. The van der Waals surface area contributed by atoms with E-state index in [0.717, 1.165) is 35.5 Å². The van der Waals surface area contributed by atoms with Gasteiger partial charge in [-0.1, -0.05) is 55.0 Å². The average molecular weight is 536 g/mol. The quantitative estimate of drug-likeness (QED) is 0.240. The molecule has 0 fully saturated rings. The number of benzene rings is 2. The first-order chi connectivity index (χ1) is 18.2. The van der Waals surface area contributed by atoms with Crippen molar-refractivity contribution in [3.8, 4) is 5.75 Å². The summed E-state index contributed by atoms with van der Waals surface area (Å²) in [6, 6.07) is 21.2. The smallest absolute Gasteiger partial charge is 0.408 e. The van der Waals surface area contributed by atoms with Gasteiger partial charge in [0.15, 0.2) is 0 Å². The van der Waals surface area contributed by atoms with Crippen LogP contribution >= 0.6 is 11.3 Å². The van der Waals surface area contributed by atoms with Crippen molar-refractivity contribution in [1.29, 1.82) is 0 Å². The lowest BCUT2D eigenvalue weighted by Gasteiger charge is -2.25. The van der Waals surface area contributed by atoms with E-state index in [4.69, 9.17) is 9.47 Å². The van der Waals surface area contributed by atoms with Crippen molar-refractivity contribution in [2.75, 3.05) is 7.11 Å². The standard InChI is InChI=1S/C31H39N2O4S/c1-31(2,3)37-30(35)33-26(18-10-6-9-15-23-13-7-5-8-14-23)29(34)32-27(28-19-12-20-38-28)22-24-16-11-17-25(21-24)36-4/h5,7-9,11-14,16-17,19-21,26-27H,6,10,15,18,22H2,1-4H3,(H,32,34)(H,33,35)/t26-,27?/m1/s1. The zero-order valence-electron chi connectivity index (χ0n) is 22.7. The van der Waals surface area contributed by atoms with Crippen LogP contribution in [-0.4, -0.2) is 30.8 Å². The molecule has 1 heterocycles. The minimum absolute atomic E-state index is 0.222. The van der Waals surface area contributed by atoms with Crippen LogP contribution in [0.5, 0.6) is 5.75 Å². The number of carbonyl (C=O) groups is 2. The van der Waals surface area contributed by atoms with Crippen molar-refractivity contribution in [2.24, 2.45) is 0 Å². The summed E-state index contributed by atoms with van der Waals surface area (Å²) in [4.78, 5) is 27.2. The lowest BCUT2D eigenvalue weighted by molar-refractivity contribution is -0.124. The molecule has 2 amide bonds. The first kappa shape index (κ1) is 29.2. The minimum atomic E-state index is -0.706. The molecule has 0 aliphatic rings. The Morgan fingerprint density at radius 2 is 1.74 bits per heavy atom. The fraction of sp³-hybridized carbons (Fsp3) is 0.387. The molecule has 38 heavy (non-hydrogen) atoms. The highest BCUT2D eigenvalue weighted by molar-refractivity contribution is 7.10. The monoisotopic (exact) mass is 535 g/mol. The van der Waals surface area contributed by atoms with Crippen molar-refractivity contribution in [2.45, 2.75) is 70.6 Å². The largest absolute Gasteiger partial charge is 0.497 e. The lowest BCUT2D eigenvalue weighted by Crippen LogP contribution is -2.49. The SMILES string of the molecule is COc1cccc(CC(NC(=O)[C@@H](CCC[CH]Cc2ccccc2)NC(=O)OC(C)(C)C)c2cccs2)c1. The van der Waals surface area contributed by atoms with Gasteiger partial charge in [-0.05, 0) is 87.6 Å². The Hall–Kier alpha value is -3.32. The summed E-state index contributed by atoms with van der Waals surface area (Å²) in [7, 11) is 1.64. The molecular formula is C31H39N2O4S. The normalized spacial score (nSPS) is 12.8. The van der Waals surface area contributed by atoms with E-state index in [-0.39, 0.29) is 11.9 Å². The molecule has 2 N–H and O–H groups in total. The van der Waals surface area contributed by atoms with Crippen molar-refractivity contribution < 1.29 is 19.1 Å². The highest BCUT2D eigenvalue weighted by atomic mass is 32.1. The molecule has 0 spiro atoms. The molecule has 0 bridgehead atoms. The number of alkyl carbamates (subject to hydrolysis) is 1. The molecule has 2 atom stereocenters. The lowest BCUT2D eigenvalue weighted by atomic mass is 10.0. The van der Waals surface area contributed by atoms with Crippen LogP contribution in [0.1, 0.15) is 62.1 Å². The summed E-state index contributed by atoms with van der Waals surface area (Å²) >= 11 is 1.60. The zero-order valence-corrected chi connectivity index (χ0v) is 23.6. The third-order valence-corrected chi connectivity index (χ3v) is 6.89.